The summed E-state index contributed by atoms with van der Waals surface area (Å²) in [5.74, 6) is -0.424. The maximum Gasteiger partial charge on any atom is 0.251 e. The van der Waals surface area contributed by atoms with Crippen LogP contribution < -0.4 is 5.32 Å². The van der Waals surface area contributed by atoms with Gasteiger partial charge in [0.15, 0.2) is 0 Å². The monoisotopic (exact) mass is 249 g/mol. The van der Waals surface area contributed by atoms with Crippen LogP contribution in [-0.2, 0) is 0 Å². The number of hydrogen-bond donors (Lipinski definition) is 1. The highest BCUT2D eigenvalue weighted by atomic mass is 19.1. The maximum atomic E-state index is 13.0. The number of hydrogen-bond acceptors (Lipinski definition) is 1. The summed E-state index contributed by atoms with van der Waals surface area (Å²) in [7, 11) is 0. The maximum absolute atomic E-state index is 13.0. The standard InChI is InChI=1S/C15H20FNO/c1-9-8-10(16)6-7-11(9)12(18)17-13-14(2,3)15(13,4)5/h6-8,13H,1-5H3,(H,17,18). The number of rotatable bonds is 2. The van der Waals surface area contributed by atoms with Crippen LogP contribution >= 0.6 is 0 Å². The predicted octanol–water partition coefficient (Wildman–Crippen LogP) is 3.30. The first kappa shape index (κ1) is 13.1. The van der Waals surface area contributed by atoms with Crippen molar-refractivity contribution in [3.8, 4) is 0 Å². The minimum Gasteiger partial charge on any atom is -0.348 e. The number of halogens is 1. The molecule has 0 bridgehead atoms. The molecule has 98 valence electrons. The minimum atomic E-state index is -0.309. The highest BCUT2D eigenvalue weighted by Crippen LogP contribution is 2.62. The minimum absolute atomic E-state index is 0.108. The topological polar surface area (TPSA) is 29.1 Å². The zero-order valence-electron chi connectivity index (χ0n) is 11.6. The molecule has 2 rings (SSSR count). The van der Waals surface area contributed by atoms with Crippen molar-refractivity contribution < 1.29 is 9.18 Å². The van der Waals surface area contributed by atoms with Gasteiger partial charge in [-0.15, -0.1) is 0 Å². The Kier molecular flexibility index (Phi) is 2.76. The molecule has 18 heavy (non-hydrogen) atoms. The fraction of sp³-hybridized carbons (Fsp3) is 0.533. The molecule has 1 aliphatic carbocycles. The number of nitrogens with one attached hydrogen (secondary N) is 1. The summed E-state index contributed by atoms with van der Waals surface area (Å²) >= 11 is 0. The smallest absolute Gasteiger partial charge is 0.251 e. The van der Waals surface area contributed by atoms with Crippen molar-refractivity contribution in [3.63, 3.8) is 0 Å². The third kappa shape index (κ3) is 1.82. The third-order valence-corrected chi connectivity index (χ3v) is 4.73. The van der Waals surface area contributed by atoms with Crippen molar-refractivity contribution in [1.29, 1.82) is 0 Å². The third-order valence-electron chi connectivity index (χ3n) is 4.73. The highest BCUT2D eigenvalue weighted by Gasteiger charge is 2.65. The first-order valence-electron chi connectivity index (χ1n) is 6.25. The molecule has 0 saturated heterocycles. The lowest BCUT2D eigenvalue weighted by Crippen LogP contribution is -2.30. The molecule has 1 N–H and O–H groups in total. The van der Waals surface area contributed by atoms with Crippen molar-refractivity contribution in [2.24, 2.45) is 10.8 Å². The van der Waals surface area contributed by atoms with Crippen molar-refractivity contribution in [2.45, 2.75) is 40.7 Å². The van der Waals surface area contributed by atoms with Crippen LogP contribution in [0.25, 0.3) is 0 Å². The van der Waals surface area contributed by atoms with Gasteiger partial charge in [0.05, 0.1) is 0 Å². The van der Waals surface area contributed by atoms with Crippen LogP contribution in [0.5, 0.6) is 0 Å². The van der Waals surface area contributed by atoms with E-state index in [0.717, 1.165) is 0 Å². The first-order valence-corrected chi connectivity index (χ1v) is 6.25. The predicted molar refractivity (Wildman–Crippen MR) is 70.0 cm³/mol. The largest absolute Gasteiger partial charge is 0.348 e. The van der Waals surface area contributed by atoms with Gasteiger partial charge in [0.25, 0.3) is 5.91 Å². The lowest BCUT2D eigenvalue weighted by molar-refractivity contribution is 0.0943. The number of carbonyl (C=O) groups excluding carboxylic acids is 1. The molecule has 1 aliphatic rings. The molecule has 0 spiro atoms. The Labute approximate surface area is 108 Å². The van der Waals surface area contributed by atoms with E-state index in [-0.39, 0.29) is 28.6 Å². The summed E-state index contributed by atoms with van der Waals surface area (Å²) in [6, 6.07) is 4.42. The van der Waals surface area contributed by atoms with E-state index in [1.54, 1.807) is 13.0 Å². The van der Waals surface area contributed by atoms with Gasteiger partial charge >= 0.3 is 0 Å². The number of carbonyl (C=O) groups is 1. The zero-order valence-corrected chi connectivity index (χ0v) is 11.6. The Morgan fingerprint density at radius 2 is 1.78 bits per heavy atom. The average molecular weight is 249 g/mol. The molecule has 2 nitrogen and oxygen atoms in total. The summed E-state index contributed by atoms with van der Waals surface area (Å²) in [5.41, 5.74) is 1.44. The second-order valence-corrected chi connectivity index (χ2v) is 6.31. The first-order chi connectivity index (χ1) is 8.18. The summed E-state index contributed by atoms with van der Waals surface area (Å²) in [6.45, 7) is 10.3. The Morgan fingerprint density at radius 1 is 1.22 bits per heavy atom. The summed E-state index contributed by atoms with van der Waals surface area (Å²) < 4.78 is 13.0. The average Bonchev–Trinajstić information content (AvgIpc) is 2.60. The van der Waals surface area contributed by atoms with Gasteiger partial charge < -0.3 is 5.32 Å². The number of benzene rings is 1. The molecule has 1 aromatic rings. The second-order valence-electron chi connectivity index (χ2n) is 6.31. The van der Waals surface area contributed by atoms with E-state index in [2.05, 4.69) is 33.0 Å². The normalized spacial score (nSPS) is 20.6. The van der Waals surface area contributed by atoms with E-state index in [0.29, 0.717) is 11.1 Å². The van der Waals surface area contributed by atoms with Crippen molar-refractivity contribution in [3.05, 3.63) is 35.1 Å². The van der Waals surface area contributed by atoms with Crippen LogP contribution in [0.1, 0.15) is 43.6 Å². The molecular formula is C15H20FNO. The Bertz CT molecular complexity index is 491. The molecule has 0 aromatic heterocycles. The molecule has 0 unspecified atom stereocenters. The summed E-state index contributed by atoms with van der Waals surface area (Å²) in [4.78, 5) is 12.2. The molecule has 1 amide bonds. The quantitative estimate of drug-likeness (QED) is 0.856. The van der Waals surface area contributed by atoms with Gasteiger partial charge in [0.1, 0.15) is 5.82 Å². The molecule has 0 heterocycles. The lowest BCUT2D eigenvalue weighted by atomic mass is 10.0. The second kappa shape index (κ2) is 3.81. The van der Waals surface area contributed by atoms with Gasteiger partial charge in [-0.25, -0.2) is 4.39 Å². The summed E-state index contributed by atoms with van der Waals surface area (Å²) in [6.07, 6.45) is 0. The number of amides is 1. The van der Waals surface area contributed by atoms with Crippen molar-refractivity contribution in [1.82, 2.24) is 5.32 Å². The van der Waals surface area contributed by atoms with Crippen molar-refractivity contribution in [2.75, 3.05) is 0 Å². The van der Waals surface area contributed by atoms with Crippen LogP contribution in [0.15, 0.2) is 18.2 Å². The van der Waals surface area contributed by atoms with E-state index in [4.69, 9.17) is 0 Å². The Morgan fingerprint density at radius 3 is 2.22 bits per heavy atom. The molecule has 1 fully saturated rings. The fourth-order valence-corrected chi connectivity index (χ4v) is 2.65. The van der Waals surface area contributed by atoms with E-state index in [9.17, 15) is 9.18 Å². The van der Waals surface area contributed by atoms with Crippen LogP contribution in [-0.4, -0.2) is 11.9 Å². The molecule has 0 radical (unpaired) electrons. The Hall–Kier alpha value is -1.38. The van der Waals surface area contributed by atoms with Gasteiger partial charge in [-0.2, -0.15) is 0 Å². The molecule has 0 aliphatic heterocycles. The van der Waals surface area contributed by atoms with Gasteiger partial charge in [0, 0.05) is 11.6 Å². The molecular weight excluding hydrogens is 229 g/mol. The van der Waals surface area contributed by atoms with Crippen molar-refractivity contribution >= 4 is 5.91 Å². The van der Waals surface area contributed by atoms with Crippen LogP contribution in [0.3, 0.4) is 0 Å². The van der Waals surface area contributed by atoms with E-state index in [1.165, 1.54) is 12.1 Å². The summed E-state index contributed by atoms with van der Waals surface area (Å²) in [5, 5.41) is 3.05. The lowest BCUT2D eigenvalue weighted by Gasteiger charge is -2.09. The molecule has 1 saturated carbocycles. The fourth-order valence-electron chi connectivity index (χ4n) is 2.65. The van der Waals surface area contributed by atoms with E-state index >= 15 is 0 Å². The Balaban J connectivity index is 2.15. The number of aryl methyl sites for hydroxylation is 1. The van der Waals surface area contributed by atoms with Crippen LogP contribution in [0.4, 0.5) is 4.39 Å². The van der Waals surface area contributed by atoms with Gasteiger partial charge in [0.2, 0.25) is 0 Å². The SMILES string of the molecule is Cc1cc(F)ccc1C(=O)NC1C(C)(C)C1(C)C. The molecule has 0 atom stereocenters. The van der Waals surface area contributed by atoms with Crippen LogP contribution in [0.2, 0.25) is 0 Å². The van der Waals surface area contributed by atoms with Gasteiger partial charge in [-0.1, -0.05) is 27.7 Å². The zero-order chi connectivity index (χ0) is 13.7. The molecule has 3 heteroatoms. The van der Waals surface area contributed by atoms with Gasteiger partial charge in [-0.05, 0) is 41.5 Å². The van der Waals surface area contributed by atoms with Crippen LogP contribution in [0, 0.1) is 23.6 Å². The van der Waals surface area contributed by atoms with Gasteiger partial charge in [-0.3, -0.25) is 4.79 Å². The van der Waals surface area contributed by atoms with E-state index in [1.807, 2.05) is 0 Å². The highest BCUT2D eigenvalue weighted by molar-refractivity contribution is 5.96. The van der Waals surface area contributed by atoms with E-state index < -0.39 is 0 Å². The molecule has 1 aromatic carbocycles.